The van der Waals surface area contributed by atoms with E-state index in [0.29, 0.717) is 17.5 Å². The standard InChI is InChI=1S/C52H41N3Si/c1-56(2,3)47-28-13-26-45(35-47)43-24-11-22-41(33-43)39-20-9-19-38(31-39)40-21-10-23-42(32-40)44-25-12-27-46(34-44)51-53-50(37-16-5-4-6-17-37)54-52(55-51)49-30-14-18-36-15-7-8-29-48(36)49/h4-35H,1-3H3. The van der Waals surface area contributed by atoms with Crippen molar-refractivity contribution in [1.29, 1.82) is 0 Å². The van der Waals surface area contributed by atoms with Crippen LogP contribution in [0.5, 0.6) is 0 Å². The lowest BCUT2D eigenvalue weighted by atomic mass is 9.94. The van der Waals surface area contributed by atoms with Crippen LogP contribution in [-0.4, -0.2) is 23.0 Å². The molecule has 56 heavy (non-hydrogen) atoms. The minimum atomic E-state index is -1.42. The van der Waals surface area contributed by atoms with Crippen LogP contribution in [0.25, 0.3) is 89.4 Å². The van der Waals surface area contributed by atoms with Crippen molar-refractivity contribution in [2.45, 2.75) is 19.6 Å². The monoisotopic (exact) mass is 735 g/mol. The summed E-state index contributed by atoms with van der Waals surface area (Å²) in [5, 5.41) is 3.74. The third kappa shape index (κ3) is 7.23. The van der Waals surface area contributed by atoms with Crippen molar-refractivity contribution in [3.8, 4) is 78.7 Å². The third-order valence-electron chi connectivity index (χ3n) is 10.5. The average Bonchev–Trinajstić information content (AvgIpc) is 3.26. The molecule has 4 heteroatoms. The number of nitrogens with zero attached hydrogens (tertiary/aromatic N) is 3. The van der Waals surface area contributed by atoms with Gasteiger partial charge in [0.05, 0.1) is 8.07 Å². The minimum absolute atomic E-state index is 0.641. The lowest BCUT2D eigenvalue weighted by molar-refractivity contribution is 1.08. The van der Waals surface area contributed by atoms with Crippen LogP contribution in [-0.2, 0) is 0 Å². The molecular formula is C52H41N3Si. The summed E-state index contributed by atoms with van der Waals surface area (Å²) in [7, 11) is -1.42. The molecule has 0 spiro atoms. The Balaban J connectivity index is 1.06. The second-order valence-electron chi connectivity index (χ2n) is 15.4. The summed E-state index contributed by atoms with van der Waals surface area (Å²) in [5.74, 6) is 1.95. The van der Waals surface area contributed by atoms with Gasteiger partial charge in [0.15, 0.2) is 17.5 Å². The van der Waals surface area contributed by atoms with Crippen LogP contribution in [0, 0.1) is 0 Å². The van der Waals surface area contributed by atoms with Crippen molar-refractivity contribution in [3.63, 3.8) is 0 Å². The molecule has 1 heterocycles. The zero-order chi connectivity index (χ0) is 38.1. The fourth-order valence-corrected chi connectivity index (χ4v) is 8.59. The van der Waals surface area contributed by atoms with Gasteiger partial charge in [0.2, 0.25) is 0 Å². The molecule has 0 atom stereocenters. The van der Waals surface area contributed by atoms with E-state index in [0.717, 1.165) is 38.6 Å². The Hall–Kier alpha value is -6.75. The van der Waals surface area contributed by atoms with Gasteiger partial charge in [0.25, 0.3) is 0 Å². The van der Waals surface area contributed by atoms with Crippen molar-refractivity contribution in [3.05, 3.63) is 194 Å². The number of hydrogen-bond donors (Lipinski definition) is 0. The summed E-state index contributed by atoms with van der Waals surface area (Å²) in [4.78, 5) is 15.2. The number of hydrogen-bond acceptors (Lipinski definition) is 3. The van der Waals surface area contributed by atoms with E-state index >= 15 is 0 Å². The largest absolute Gasteiger partial charge is 0.208 e. The summed E-state index contributed by atoms with van der Waals surface area (Å²) < 4.78 is 0. The summed E-state index contributed by atoms with van der Waals surface area (Å²) >= 11 is 0. The van der Waals surface area contributed by atoms with Crippen molar-refractivity contribution < 1.29 is 0 Å². The normalized spacial score (nSPS) is 11.5. The van der Waals surface area contributed by atoms with E-state index in [4.69, 9.17) is 15.0 Å². The molecule has 0 bridgehead atoms. The molecule has 0 saturated heterocycles. The van der Waals surface area contributed by atoms with E-state index in [1.54, 1.807) is 0 Å². The highest BCUT2D eigenvalue weighted by atomic mass is 28.3. The molecular weight excluding hydrogens is 695 g/mol. The highest BCUT2D eigenvalue weighted by Crippen LogP contribution is 2.34. The van der Waals surface area contributed by atoms with Gasteiger partial charge in [-0.25, -0.2) is 15.0 Å². The molecule has 9 aromatic rings. The number of aromatic nitrogens is 3. The molecule has 268 valence electrons. The van der Waals surface area contributed by atoms with Crippen LogP contribution < -0.4 is 5.19 Å². The summed E-state index contributed by atoms with van der Waals surface area (Å²) in [6, 6.07) is 69.0. The minimum Gasteiger partial charge on any atom is -0.208 e. The SMILES string of the molecule is C[Si](C)(C)c1cccc(-c2cccc(-c3cccc(-c4cccc(-c5cccc(-c6nc(-c7ccccc7)nc(-c7cccc8ccccc78)n6)c5)c4)c3)c2)c1. The fourth-order valence-electron chi connectivity index (χ4n) is 7.40. The van der Waals surface area contributed by atoms with Crippen molar-refractivity contribution in [2.75, 3.05) is 0 Å². The number of fused-ring (bicyclic) bond motifs is 1. The molecule has 9 rings (SSSR count). The van der Waals surface area contributed by atoms with Crippen molar-refractivity contribution >= 4 is 24.0 Å². The lowest BCUT2D eigenvalue weighted by Crippen LogP contribution is -2.37. The van der Waals surface area contributed by atoms with E-state index in [2.05, 4.69) is 183 Å². The second-order valence-corrected chi connectivity index (χ2v) is 20.4. The molecule has 0 N–H and O–H groups in total. The Labute approximate surface area is 330 Å². The van der Waals surface area contributed by atoms with E-state index in [1.165, 1.54) is 38.6 Å². The fraction of sp³-hybridized carbons (Fsp3) is 0.0577. The van der Waals surface area contributed by atoms with Crippen molar-refractivity contribution in [2.24, 2.45) is 0 Å². The van der Waals surface area contributed by atoms with Gasteiger partial charge in [-0.15, -0.1) is 0 Å². The van der Waals surface area contributed by atoms with Crippen LogP contribution in [0.3, 0.4) is 0 Å². The molecule has 0 radical (unpaired) electrons. The van der Waals surface area contributed by atoms with Crippen LogP contribution in [0.15, 0.2) is 194 Å². The molecule has 0 saturated carbocycles. The molecule has 0 amide bonds. The van der Waals surface area contributed by atoms with Gasteiger partial charge < -0.3 is 0 Å². The molecule has 1 aromatic heterocycles. The van der Waals surface area contributed by atoms with Gasteiger partial charge in [0, 0.05) is 16.7 Å². The average molecular weight is 736 g/mol. The highest BCUT2D eigenvalue weighted by Gasteiger charge is 2.17. The van der Waals surface area contributed by atoms with E-state index < -0.39 is 8.07 Å². The summed E-state index contributed by atoms with van der Waals surface area (Å²) in [6.45, 7) is 7.21. The maximum Gasteiger partial charge on any atom is 0.164 e. The molecule has 0 aliphatic carbocycles. The Kier molecular flexibility index (Phi) is 9.26. The van der Waals surface area contributed by atoms with Gasteiger partial charge in [-0.1, -0.05) is 195 Å². The molecule has 0 aliphatic rings. The Morgan fingerprint density at radius 2 is 0.679 bits per heavy atom. The third-order valence-corrected chi connectivity index (χ3v) is 12.5. The van der Waals surface area contributed by atoms with Crippen LogP contribution in [0.1, 0.15) is 0 Å². The zero-order valence-electron chi connectivity index (χ0n) is 31.8. The maximum atomic E-state index is 5.11. The Morgan fingerprint density at radius 1 is 0.304 bits per heavy atom. The molecule has 0 aliphatic heterocycles. The van der Waals surface area contributed by atoms with Gasteiger partial charge in [0.1, 0.15) is 0 Å². The highest BCUT2D eigenvalue weighted by molar-refractivity contribution is 6.88. The van der Waals surface area contributed by atoms with Crippen molar-refractivity contribution in [1.82, 2.24) is 15.0 Å². The number of benzene rings is 8. The Morgan fingerprint density at radius 3 is 1.23 bits per heavy atom. The maximum absolute atomic E-state index is 5.11. The quantitative estimate of drug-likeness (QED) is 0.146. The van der Waals surface area contributed by atoms with Gasteiger partial charge in [-0.05, 0) is 79.5 Å². The molecule has 0 fully saturated rings. The zero-order valence-corrected chi connectivity index (χ0v) is 32.8. The molecule has 3 nitrogen and oxygen atoms in total. The van der Waals surface area contributed by atoms with Gasteiger partial charge in [-0.3, -0.25) is 0 Å². The first-order chi connectivity index (χ1) is 27.4. The first-order valence-corrected chi connectivity index (χ1v) is 22.7. The summed E-state index contributed by atoms with van der Waals surface area (Å²) in [5.41, 5.74) is 12.4. The van der Waals surface area contributed by atoms with Crippen LogP contribution in [0.4, 0.5) is 0 Å². The van der Waals surface area contributed by atoms with Crippen LogP contribution in [0.2, 0.25) is 19.6 Å². The number of rotatable bonds is 8. The van der Waals surface area contributed by atoms with Crippen LogP contribution >= 0.6 is 0 Å². The lowest BCUT2D eigenvalue weighted by Gasteiger charge is -2.17. The van der Waals surface area contributed by atoms with E-state index in [1.807, 2.05) is 30.3 Å². The smallest absolute Gasteiger partial charge is 0.164 e. The predicted octanol–water partition coefficient (Wildman–Crippen LogP) is 13.2. The molecule has 0 unspecified atom stereocenters. The summed E-state index contributed by atoms with van der Waals surface area (Å²) in [6.07, 6.45) is 0. The van der Waals surface area contributed by atoms with Gasteiger partial charge in [-0.2, -0.15) is 0 Å². The van der Waals surface area contributed by atoms with E-state index in [-0.39, 0.29) is 0 Å². The second kappa shape index (κ2) is 14.8. The topological polar surface area (TPSA) is 38.7 Å². The first-order valence-electron chi connectivity index (χ1n) is 19.2. The Bertz CT molecular complexity index is 2850. The first kappa shape index (κ1) is 35.0. The van der Waals surface area contributed by atoms with E-state index in [9.17, 15) is 0 Å². The molecule has 8 aromatic carbocycles. The predicted molar refractivity (Wildman–Crippen MR) is 238 cm³/mol. The van der Waals surface area contributed by atoms with Gasteiger partial charge >= 0.3 is 0 Å².